The number of nitrogens with two attached hydrogens (primary N) is 1. The van der Waals surface area contributed by atoms with Gasteiger partial charge in [-0.05, 0) is 38.5 Å². The fourth-order valence-corrected chi connectivity index (χ4v) is 2.72. The van der Waals surface area contributed by atoms with Crippen molar-refractivity contribution in [2.45, 2.75) is 45.4 Å². The zero-order valence-electron chi connectivity index (χ0n) is 15.6. The number of aliphatic hydroxyl groups excluding tert-OH is 1. The largest absolute Gasteiger partial charge is 1.00 e. The summed E-state index contributed by atoms with van der Waals surface area (Å²) in [6.45, 7) is 6.53. The molecule has 0 aliphatic heterocycles. The Kier molecular flexibility index (Phi) is 9.35. The maximum atomic E-state index is 12.4. The van der Waals surface area contributed by atoms with E-state index in [0.717, 1.165) is 11.3 Å². The van der Waals surface area contributed by atoms with Crippen LogP contribution in [-0.2, 0) is 0 Å². The SMILES string of the molecule is CC(C)Oc1cccc(C(=O)CC[NH2+]C(C)C(O)c2ccccc2)c1.[Cl-]. The number of carbonyl (C=O) groups excluding carboxylic acids is 1. The average Bonchev–Trinajstić information content (AvgIpc) is 2.61. The number of quaternary nitrogens is 1. The lowest BCUT2D eigenvalue weighted by molar-refractivity contribution is -0.693. The summed E-state index contributed by atoms with van der Waals surface area (Å²) in [4.78, 5) is 12.4. The van der Waals surface area contributed by atoms with Gasteiger partial charge in [-0.2, -0.15) is 0 Å². The molecule has 4 nitrogen and oxygen atoms in total. The summed E-state index contributed by atoms with van der Waals surface area (Å²) in [6.07, 6.45) is -0.0325. The normalized spacial score (nSPS) is 13.0. The van der Waals surface area contributed by atoms with E-state index in [2.05, 4.69) is 0 Å². The summed E-state index contributed by atoms with van der Waals surface area (Å²) < 4.78 is 5.64. The first-order chi connectivity index (χ1) is 12.0. The molecule has 142 valence electrons. The highest BCUT2D eigenvalue weighted by Crippen LogP contribution is 2.16. The van der Waals surface area contributed by atoms with Gasteiger partial charge >= 0.3 is 0 Å². The van der Waals surface area contributed by atoms with Gasteiger partial charge in [-0.15, -0.1) is 0 Å². The van der Waals surface area contributed by atoms with Crippen LogP contribution in [0.15, 0.2) is 54.6 Å². The highest BCUT2D eigenvalue weighted by atomic mass is 35.5. The van der Waals surface area contributed by atoms with Crippen molar-refractivity contribution in [2.24, 2.45) is 0 Å². The van der Waals surface area contributed by atoms with E-state index in [1.165, 1.54) is 0 Å². The lowest BCUT2D eigenvalue weighted by Crippen LogP contribution is -3.00. The van der Waals surface area contributed by atoms with Crippen molar-refractivity contribution < 1.29 is 32.4 Å². The number of carbonyl (C=O) groups is 1. The molecular formula is C21H28ClNO3. The summed E-state index contributed by atoms with van der Waals surface area (Å²) in [6, 6.07) is 16.9. The minimum Gasteiger partial charge on any atom is -1.00 e. The van der Waals surface area contributed by atoms with Crippen LogP contribution in [-0.4, -0.2) is 29.6 Å². The Labute approximate surface area is 162 Å². The lowest BCUT2D eigenvalue weighted by atomic mass is 10.0. The minimum absolute atomic E-state index is 0. The van der Waals surface area contributed by atoms with Gasteiger partial charge in [0.2, 0.25) is 0 Å². The van der Waals surface area contributed by atoms with E-state index in [-0.39, 0.29) is 30.3 Å². The molecule has 3 N–H and O–H groups in total. The molecule has 2 aromatic carbocycles. The molecule has 2 rings (SSSR count). The van der Waals surface area contributed by atoms with Crippen molar-refractivity contribution in [3.05, 3.63) is 65.7 Å². The molecule has 0 radical (unpaired) electrons. The van der Waals surface area contributed by atoms with E-state index >= 15 is 0 Å². The van der Waals surface area contributed by atoms with Crippen LogP contribution in [0.1, 0.15) is 49.2 Å². The topological polar surface area (TPSA) is 63.1 Å². The fourth-order valence-electron chi connectivity index (χ4n) is 2.72. The van der Waals surface area contributed by atoms with Gasteiger partial charge in [0.15, 0.2) is 5.78 Å². The van der Waals surface area contributed by atoms with Crippen LogP contribution < -0.4 is 22.5 Å². The Morgan fingerprint density at radius 2 is 1.77 bits per heavy atom. The third-order valence-electron chi connectivity index (χ3n) is 4.08. The fraction of sp³-hybridized carbons (Fsp3) is 0.381. The van der Waals surface area contributed by atoms with E-state index in [1.54, 1.807) is 6.07 Å². The van der Waals surface area contributed by atoms with Crippen LogP contribution >= 0.6 is 0 Å². The third-order valence-corrected chi connectivity index (χ3v) is 4.08. The molecule has 0 saturated heterocycles. The second-order valence-corrected chi connectivity index (χ2v) is 6.61. The van der Waals surface area contributed by atoms with Crippen molar-refractivity contribution in [3.8, 4) is 5.75 Å². The number of aliphatic hydroxyl groups is 1. The first-order valence-electron chi connectivity index (χ1n) is 8.83. The van der Waals surface area contributed by atoms with Gasteiger partial charge in [0.25, 0.3) is 0 Å². The molecule has 0 aromatic heterocycles. The van der Waals surface area contributed by atoms with Crippen molar-refractivity contribution in [3.63, 3.8) is 0 Å². The first kappa shape index (κ1) is 22.2. The molecule has 0 fully saturated rings. The summed E-state index contributed by atoms with van der Waals surface area (Å²) in [5.74, 6) is 0.810. The number of rotatable bonds is 9. The summed E-state index contributed by atoms with van der Waals surface area (Å²) in [7, 11) is 0. The van der Waals surface area contributed by atoms with Crippen LogP contribution in [0, 0.1) is 0 Å². The Morgan fingerprint density at radius 1 is 1.08 bits per heavy atom. The Morgan fingerprint density at radius 3 is 2.42 bits per heavy atom. The predicted octanol–water partition coefficient (Wildman–Crippen LogP) is -0.264. The van der Waals surface area contributed by atoms with E-state index in [1.807, 2.05) is 74.6 Å². The van der Waals surface area contributed by atoms with Gasteiger partial charge in [0.1, 0.15) is 17.9 Å². The quantitative estimate of drug-likeness (QED) is 0.592. The van der Waals surface area contributed by atoms with E-state index < -0.39 is 6.10 Å². The molecule has 0 aliphatic carbocycles. The van der Waals surface area contributed by atoms with Crippen LogP contribution in [0.2, 0.25) is 0 Å². The number of hydrogen-bond donors (Lipinski definition) is 2. The first-order valence-corrected chi connectivity index (χ1v) is 8.83. The third kappa shape index (κ3) is 6.79. The molecule has 5 heteroatoms. The maximum absolute atomic E-state index is 12.4. The molecule has 2 unspecified atom stereocenters. The molecule has 26 heavy (non-hydrogen) atoms. The number of halogens is 1. The maximum Gasteiger partial charge on any atom is 0.168 e. The van der Waals surface area contributed by atoms with E-state index in [9.17, 15) is 9.90 Å². The number of Topliss-reactive ketones (excluding diaryl/α,β-unsaturated/α-hetero) is 1. The van der Waals surface area contributed by atoms with E-state index in [4.69, 9.17) is 4.74 Å². The van der Waals surface area contributed by atoms with Crippen molar-refractivity contribution >= 4 is 5.78 Å². The van der Waals surface area contributed by atoms with Gasteiger partial charge in [-0.3, -0.25) is 4.79 Å². The van der Waals surface area contributed by atoms with E-state index in [0.29, 0.717) is 18.5 Å². The predicted molar refractivity (Wildman–Crippen MR) is 98.8 cm³/mol. The standard InChI is InChI=1S/C21H27NO3.ClH/c1-15(2)25-19-11-7-10-18(14-19)20(23)12-13-22-16(3)21(24)17-8-5-4-6-9-17;/h4-11,14-16,21-22,24H,12-13H2,1-3H3;1H. The molecule has 0 amide bonds. The summed E-state index contributed by atoms with van der Waals surface area (Å²) >= 11 is 0. The lowest BCUT2D eigenvalue weighted by Gasteiger charge is -2.17. The smallest absolute Gasteiger partial charge is 0.168 e. The molecule has 2 aromatic rings. The van der Waals surface area contributed by atoms with Gasteiger partial charge in [0.05, 0.1) is 19.1 Å². The molecule has 2 atom stereocenters. The summed E-state index contributed by atoms with van der Waals surface area (Å²) in [5, 5.41) is 12.4. The van der Waals surface area contributed by atoms with Crippen LogP contribution in [0.25, 0.3) is 0 Å². The number of benzene rings is 2. The average molecular weight is 378 g/mol. The zero-order chi connectivity index (χ0) is 18.2. The molecule has 0 heterocycles. The second-order valence-electron chi connectivity index (χ2n) is 6.61. The van der Waals surface area contributed by atoms with Crippen molar-refractivity contribution in [1.29, 1.82) is 0 Å². The van der Waals surface area contributed by atoms with Gasteiger partial charge in [0, 0.05) is 5.56 Å². The Balaban J connectivity index is 0.00000338. The second kappa shape index (κ2) is 11.0. The van der Waals surface area contributed by atoms with Crippen molar-refractivity contribution in [1.82, 2.24) is 0 Å². The summed E-state index contributed by atoms with van der Waals surface area (Å²) in [5.41, 5.74) is 1.57. The Bertz CT molecular complexity index is 676. The molecule has 0 aliphatic rings. The number of ketones is 1. The van der Waals surface area contributed by atoms with Crippen LogP contribution in [0.3, 0.4) is 0 Å². The molecule has 0 spiro atoms. The van der Waals surface area contributed by atoms with Gasteiger partial charge < -0.3 is 27.6 Å². The van der Waals surface area contributed by atoms with Gasteiger partial charge in [-0.1, -0.05) is 42.5 Å². The van der Waals surface area contributed by atoms with Crippen molar-refractivity contribution in [2.75, 3.05) is 6.54 Å². The zero-order valence-corrected chi connectivity index (χ0v) is 16.3. The Hall–Kier alpha value is -1.88. The number of ether oxygens (including phenoxy) is 1. The molecular weight excluding hydrogens is 350 g/mol. The monoisotopic (exact) mass is 377 g/mol. The molecule has 0 saturated carbocycles. The number of hydrogen-bond acceptors (Lipinski definition) is 3. The highest BCUT2D eigenvalue weighted by molar-refractivity contribution is 5.96. The van der Waals surface area contributed by atoms with Gasteiger partial charge in [-0.25, -0.2) is 0 Å². The molecule has 0 bridgehead atoms. The minimum atomic E-state index is -0.543. The highest BCUT2D eigenvalue weighted by Gasteiger charge is 2.19. The van der Waals surface area contributed by atoms with Crippen LogP contribution in [0.4, 0.5) is 0 Å². The van der Waals surface area contributed by atoms with Crippen LogP contribution in [0.5, 0.6) is 5.75 Å².